The number of esters is 2. The van der Waals surface area contributed by atoms with Gasteiger partial charge in [-0.1, -0.05) is 27.7 Å². The molecule has 0 aliphatic heterocycles. The third-order valence-electron chi connectivity index (χ3n) is 2.78. The Morgan fingerprint density at radius 2 is 1.25 bits per heavy atom. The maximum atomic E-state index is 9.81. The van der Waals surface area contributed by atoms with Gasteiger partial charge >= 0.3 is 11.9 Å². The van der Waals surface area contributed by atoms with Gasteiger partial charge in [0.25, 0.3) is 0 Å². The van der Waals surface area contributed by atoms with Crippen LogP contribution >= 0.6 is 0 Å². The Labute approximate surface area is 98.5 Å². The molecule has 0 aromatic rings. The van der Waals surface area contributed by atoms with Gasteiger partial charge in [-0.2, -0.15) is 0 Å². The van der Waals surface area contributed by atoms with E-state index in [-0.39, 0.29) is 5.54 Å². The van der Waals surface area contributed by atoms with E-state index >= 15 is 0 Å². The molecule has 4 nitrogen and oxygen atoms in total. The molecule has 0 rings (SSSR count). The van der Waals surface area contributed by atoms with Crippen molar-refractivity contribution < 1.29 is 14.3 Å². The molecule has 96 valence electrons. The quantitative estimate of drug-likeness (QED) is 0.583. The van der Waals surface area contributed by atoms with Crippen molar-refractivity contribution in [2.75, 3.05) is 0 Å². The Morgan fingerprint density at radius 1 is 1.00 bits per heavy atom. The molecule has 0 aliphatic carbocycles. The van der Waals surface area contributed by atoms with E-state index in [0.717, 1.165) is 0 Å². The van der Waals surface area contributed by atoms with E-state index in [0.29, 0.717) is 11.8 Å². The van der Waals surface area contributed by atoms with E-state index in [1.807, 2.05) is 0 Å². The summed E-state index contributed by atoms with van der Waals surface area (Å²) in [4.78, 5) is 19.6. The summed E-state index contributed by atoms with van der Waals surface area (Å²) in [5.74, 6) is 0.00926. The third-order valence-corrected chi connectivity index (χ3v) is 2.78. The van der Waals surface area contributed by atoms with Crippen molar-refractivity contribution in [3.63, 3.8) is 0 Å². The topological polar surface area (TPSA) is 69.4 Å². The normalized spacial score (nSPS) is 10.9. The van der Waals surface area contributed by atoms with Crippen LogP contribution in [0.4, 0.5) is 0 Å². The maximum Gasteiger partial charge on any atom is 0.310 e. The van der Waals surface area contributed by atoms with Crippen LogP contribution in [0.1, 0.15) is 48.5 Å². The van der Waals surface area contributed by atoms with Crippen molar-refractivity contribution in [2.45, 2.75) is 54.0 Å². The highest BCUT2D eigenvalue weighted by Crippen LogP contribution is 2.21. The van der Waals surface area contributed by atoms with Crippen LogP contribution in [-0.4, -0.2) is 17.5 Å². The lowest BCUT2D eigenvalue weighted by Crippen LogP contribution is -2.46. The van der Waals surface area contributed by atoms with Crippen LogP contribution in [0, 0.1) is 11.8 Å². The average Bonchev–Trinajstić information content (AvgIpc) is 2.01. The number of hydrogen-bond acceptors (Lipinski definition) is 4. The van der Waals surface area contributed by atoms with Crippen molar-refractivity contribution in [3.05, 3.63) is 0 Å². The van der Waals surface area contributed by atoms with Crippen molar-refractivity contribution in [1.29, 1.82) is 0 Å². The Balaban J connectivity index is 0. The molecule has 0 spiro atoms. The predicted molar refractivity (Wildman–Crippen MR) is 64.7 cm³/mol. The van der Waals surface area contributed by atoms with E-state index < -0.39 is 11.9 Å². The van der Waals surface area contributed by atoms with Gasteiger partial charge < -0.3 is 10.5 Å². The Kier molecular flexibility index (Phi) is 8.08. The number of ether oxygens (including phenoxy) is 1. The number of rotatable bonds is 2. The second-order valence-electron chi connectivity index (χ2n) is 4.76. The molecule has 0 atom stereocenters. The van der Waals surface area contributed by atoms with Crippen LogP contribution in [0.5, 0.6) is 0 Å². The number of nitrogens with two attached hydrogens (primary N) is 1. The van der Waals surface area contributed by atoms with E-state index in [1.54, 1.807) is 0 Å². The minimum absolute atomic E-state index is 0.000000000000000222. The first-order valence-corrected chi connectivity index (χ1v) is 5.49. The molecule has 2 N–H and O–H groups in total. The van der Waals surface area contributed by atoms with Gasteiger partial charge in [0.1, 0.15) is 0 Å². The number of carbonyl (C=O) groups is 2. The molecule has 0 saturated heterocycles. The Bertz CT molecular complexity index is 210. The summed E-state index contributed by atoms with van der Waals surface area (Å²) in [6, 6.07) is 0. The fourth-order valence-electron chi connectivity index (χ4n) is 0.869. The largest absolute Gasteiger partial charge is 0.394 e. The molecule has 0 aromatic heterocycles. The lowest BCUT2D eigenvalue weighted by atomic mass is 9.80. The zero-order chi connectivity index (χ0) is 13.5. The monoisotopic (exact) mass is 231 g/mol. The van der Waals surface area contributed by atoms with Gasteiger partial charge in [0.15, 0.2) is 0 Å². The smallest absolute Gasteiger partial charge is 0.310 e. The Morgan fingerprint density at radius 3 is 1.25 bits per heavy atom. The average molecular weight is 231 g/mol. The molecular weight excluding hydrogens is 206 g/mol. The zero-order valence-corrected chi connectivity index (χ0v) is 11.5. The lowest BCUT2D eigenvalue weighted by molar-refractivity contribution is -0.156. The van der Waals surface area contributed by atoms with Gasteiger partial charge in [0.05, 0.1) is 0 Å². The van der Waals surface area contributed by atoms with Gasteiger partial charge in [-0.3, -0.25) is 9.59 Å². The summed E-state index contributed by atoms with van der Waals surface area (Å²) in [5, 5.41) is 0. The first kappa shape index (κ1) is 17.5. The second kappa shape index (κ2) is 7.39. The van der Waals surface area contributed by atoms with Crippen LogP contribution in [0.2, 0.25) is 0 Å². The molecule has 0 aliphatic rings. The van der Waals surface area contributed by atoms with Crippen molar-refractivity contribution in [1.82, 2.24) is 0 Å². The molecular formula is C12H25NO3. The SMILES string of the molecule is CC(=O)OC(C)=O.CC(C)C(C)(N)C(C)C. The van der Waals surface area contributed by atoms with Gasteiger partial charge in [-0.15, -0.1) is 0 Å². The van der Waals surface area contributed by atoms with Gasteiger partial charge in [-0.25, -0.2) is 0 Å². The van der Waals surface area contributed by atoms with E-state index in [1.165, 1.54) is 13.8 Å². The number of carbonyl (C=O) groups excluding carboxylic acids is 2. The molecule has 0 radical (unpaired) electrons. The summed E-state index contributed by atoms with van der Waals surface area (Å²) < 4.78 is 3.97. The van der Waals surface area contributed by atoms with E-state index in [9.17, 15) is 9.59 Å². The summed E-state index contributed by atoms with van der Waals surface area (Å²) in [6.07, 6.45) is 0. The molecule has 0 saturated carbocycles. The molecule has 4 heteroatoms. The molecule has 0 bridgehead atoms. The third kappa shape index (κ3) is 8.41. The lowest BCUT2D eigenvalue weighted by Gasteiger charge is -2.33. The first-order chi connectivity index (χ1) is 7.01. The molecule has 0 amide bonds. The fraction of sp³-hybridized carbons (Fsp3) is 0.833. The summed E-state index contributed by atoms with van der Waals surface area (Å²) >= 11 is 0. The van der Waals surface area contributed by atoms with Crippen molar-refractivity contribution >= 4 is 11.9 Å². The molecule has 0 unspecified atom stereocenters. The highest BCUT2D eigenvalue weighted by molar-refractivity contribution is 5.82. The fourth-order valence-corrected chi connectivity index (χ4v) is 0.869. The summed E-state index contributed by atoms with van der Waals surface area (Å²) in [7, 11) is 0. The second-order valence-corrected chi connectivity index (χ2v) is 4.76. The van der Waals surface area contributed by atoms with Crippen molar-refractivity contribution in [2.24, 2.45) is 17.6 Å². The zero-order valence-electron chi connectivity index (χ0n) is 11.5. The Hall–Kier alpha value is -0.900. The molecule has 0 heterocycles. The van der Waals surface area contributed by atoms with E-state index in [2.05, 4.69) is 39.4 Å². The van der Waals surface area contributed by atoms with Gasteiger partial charge in [0, 0.05) is 19.4 Å². The van der Waals surface area contributed by atoms with Crippen LogP contribution in [0.15, 0.2) is 0 Å². The van der Waals surface area contributed by atoms with Crippen LogP contribution in [0.3, 0.4) is 0 Å². The number of hydrogen-bond donors (Lipinski definition) is 1. The molecule has 0 fully saturated rings. The summed E-state index contributed by atoms with van der Waals surface area (Å²) in [5.41, 5.74) is 6.00. The standard InChI is InChI=1S/C8H19N.C4H6O3/c1-6(2)8(5,9)7(3)4;1-3(5)7-4(2)6/h6-7H,9H2,1-5H3;1-2H3. The predicted octanol–water partition coefficient (Wildman–Crippen LogP) is 2.11. The van der Waals surface area contributed by atoms with Gasteiger partial charge in [-0.05, 0) is 18.8 Å². The summed E-state index contributed by atoms with van der Waals surface area (Å²) in [6.45, 7) is 13.1. The maximum absolute atomic E-state index is 9.81. The highest BCUT2D eigenvalue weighted by atomic mass is 16.6. The van der Waals surface area contributed by atoms with E-state index in [4.69, 9.17) is 5.73 Å². The minimum atomic E-state index is -0.562. The minimum Gasteiger partial charge on any atom is -0.394 e. The highest BCUT2D eigenvalue weighted by Gasteiger charge is 2.26. The molecule has 0 aromatic carbocycles. The molecule has 16 heavy (non-hydrogen) atoms. The van der Waals surface area contributed by atoms with Crippen LogP contribution in [0.25, 0.3) is 0 Å². The first-order valence-electron chi connectivity index (χ1n) is 5.49. The van der Waals surface area contributed by atoms with Gasteiger partial charge in [0.2, 0.25) is 0 Å². The van der Waals surface area contributed by atoms with Crippen LogP contribution < -0.4 is 5.73 Å². The van der Waals surface area contributed by atoms with Crippen LogP contribution in [-0.2, 0) is 14.3 Å². The van der Waals surface area contributed by atoms with Crippen molar-refractivity contribution in [3.8, 4) is 0 Å².